The molecule has 2 aromatic rings. The molecule has 0 atom stereocenters. The zero-order valence-electron chi connectivity index (χ0n) is 8.76. The Morgan fingerprint density at radius 1 is 1.38 bits per heavy atom. The topological polar surface area (TPSA) is 26.0 Å². The van der Waals surface area contributed by atoms with Gasteiger partial charge in [0.1, 0.15) is 0 Å². The number of hydrogen-bond donors (Lipinski definition) is 1. The summed E-state index contributed by atoms with van der Waals surface area (Å²) in [7, 11) is 0. The van der Waals surface area contributed by atoms with Crippen LogP contribution in [0.4, 0.5) is 0 Å². The van der Waals surface area contributed by atoms with E-state index in [1.807, 2.05) is 19.1 Å². The second-order valence-corrected chi connectivity index (χ2v) is 5.98. The SMILES string of the molecule is Cc1cc(Br)c(-c2ccc(CN)s2)cc1Cl. The number of benzene rings is 1. The van der Waals surface area contributed by atoms with Crippen LogP contribution in [-0.2, 0) is 6.54 Å². The maximum atomic E-state index is 6.14. The summed E-state index contributed by atoms with van der Waals surface area (Å²) < 4.78 is 1.07. The van der Waals surface area contributed by atoms with Gasteiger partial charge in [0.2, 0.25) is 0 Å². The van der Waals surface area contributed by atoms with Crippen molar-refractivity contribution in [3.05, 3.63) is 44.2 Å². The monoisotopic (exact) mass is 315 g/mol. The fraction of sp³-hybridized carbons (Fsp3) is 0.167. The van der Waals surface area contributed by atoms with E-state index >= 15 is 0 Å². The normalized spacial score (nSPS) is 10.8. The lowest BCUT2D eigenvalue weighted by Crippen LogP contribution is -1.91. The molecule has 16 heavy (non-hydrogen) atoms. The molecule has 4 heteroatoms. The summed E-state index contributed by atoms with van der Waals surface area (Å²) in [5.74, 6) is 0. The van der Waals surface area contributed by atoms with Crippen LogP contribution in [0.15, 0.2) is 28.7 Å². The summed E-state index contributed by atoms with van der Waals surface area (Å²) in [5, 5.41) is 0.792. The molecule has 0 radical (unpaired) electrons. The molecule has 0 saturated heterocycles. The Kier molecular flexibility index (Phi) is 3.70. The highest BCUT2D eigenvalue weighted by molar-refractivity contribution is 9.10. The van der Waals surface area contributed by atoms with E-state index in [2.05, 4.69) is 28.1 Å². The van der Waals surface area contributed by atoms with Gasteiger partial charge in [0, 0.05) is 31.4 Å². The van der Waals surface area contributed by atoms with Crippen molar-refractivity contribution in [2.24, 2.45) is 5.73 Å². The first kappa shape index (κ1) is 12.1. The minimum atomic E-state index is 0.585. The molecule has 0 bridgehead atoms. The molecule has 0 aliphatic heterocycles. The predicted octanol–water partition coefficient (Wildman–Crippen LogP) is 4.60. The van der Waals surface area contributed by atoms with Gasteiger partial charge in [-0.15, -0.1) is 11.3 Å². The number of thiophene rings is 1. The molecule has 0 fully saturated rings. The van der Waals surface area contributed by atoms with Crippen molar-refractivity contribution in [1.82, 2.24) is 0 Å². The summed E-state index contributed by atoms with van der Waals surface area (Å²) in [6, 6.07) is 8.17. The molecule has 0 amide bonds. The molecular formula is C12H11BrClNS. The fourth-order valence-corrected chi connectivity index (χ4v) is 3.35. The molecule has 84 valence electrons. The fourth-order valence-electron chi connectivity index (χ4n) is 1.47. The third-order valence-electron chi connectivity index (χ3n) is 2.38. The Bertz CT molecular complexity index is 522. The Hall–Kier alpha value is -0.350. The van der Waals surface area contributed by atoms with E-state index < -0.39 is 0 Å². The van der Waals surface area contributed by atoms with E-state index in [-0.39, 0.29) is 0 Å². The van der Waals surface area contributed by atoms with E-state index in [1.54, 1.807) is 11.3 Å². The van der Waals surface area contributed by atoms with Gasteiger partial charge in [0.05, 0.1) is 0 Å². The van der Waals surface area contributed by atoms with Crippen molar-refractivity contribution in [3.63, 3.8) is 0 Å². The summed E-state index contributed by atoms with van der Waals surface area (Å²) >= 11 is 11.4. The molecule has 0 unspecified atom stereocenters. The van der Waals surface area contributed by atoms with Crippen molar-refractivity contribution in [1.29, 1.82) is 0 Å². The molecule has 1 aromatic carbocycles. The number of hydrogen-bond acceptors (Lipinski definition) is 2. The van der Waals surface area contributed by atoms with Crippen molar-refractivity contribution in [3.8, 4) is 10.4 Å². The highest BCUT2D eigenvalue weighted by Gasteiger charge is 2.08. The average molecular weight is 317 g/mol. The second kappa shape index (κ2) is 4.88. The number of rotatable bonds is 2. The lowest BCUT2D eigenvalue weighted by atomic mass is 10.1. The molecule has 0 aliphatic rings. The first-order chi connectivity index (χ1) is 7.61. The van der Waals surface area contributed by atoms with E-state index in [0.29, 0.717) is 6.54 Å². The molecule has 0 spiro atoms. The maximum absolute atomic E-state index is 6.14. The standard InChI is InChI=1S/C12H11BrClNS/c1-7-4-10(13)9(5-11(7)14)12-3-2-8(6-15)16-12/h2-5H,6,15H2,1H3. The van der Waals surface area contributed by atoms with Crippen LogP contribution < -0.4 is 5.73 Å². The Morgan fingerprint density at radius 2 is 2.12 bits per heavy atom. The van der Waals surface area contributed by atoms with Crippen LogP contribution in [0.5, 0.6) is 0 Å². The Balaban J connectivity index is 2.51. The van der Waals surface area contributed by atoms with E-state index in [9.17, 15) is 0 Å². The number of aryl methyl sites for hydroxylation is 1. The van der Waals surface area contributed by atoms with Crippen LogP contribution in [0, 0.1) is 6.92 Å². The summed E-state index contributed by atoms with van der Waals surface area (Å²) in [5.41, 5.74) is 7.81. The van der Waals surface area contributed by atoms with Crippen molar-refractivity contribution < 1.29 is 0 Å². The molecular weight excluding hydrogens is 306 g/mol. The summed E-state index contributed by atoms with van der Waals surface area (Å²) in [4.78, 5) is 2.37. The van der Waals surface area contributed by atoms with Crippen LogP contribution in [0.1, 0.15) is 10.4 Å². The van der Waals surface area contributed by atoms with Gasteiger partial charge in [-0.1, -0.05) is 27.5 Å². The van der Waals surface area contributed by atoms with Gasteiger partial charge < -0.3 is 5.73 Å². The minimum absolute atomic E-state index is 0.585. The largest absolute Gasteiger partial charge is 0.326 e. The summed E-state index contributed by atoms with van der Waals surface area (Å²) in [6.07, 6.45) is 0. The number of halogens is 2. The van der Waals surface area contributed by atoms with Gasteiger partial charge in [-0.3, -0.25) is 0 Å². The van der Waals surface area contributed by atoms with Crippen molar-refractivity contribution in [2.45, 2.75) is 13.5 Å². The van der Waals surface area contributed by atoms with Gasteiger partial charge in [-0.05, 0) is 36.8 Å². The third kappa shape index (κ3) is 2.33. The van der Waals surface area contributed by atoms with Crippen LogP contribution in [0.2, 0.25) is 5.02 Å². The van der Waals surface area contributed by atoms with Crippen LogP contribution in [-0.4, -0.2) is 0 Å². The Labute approximate surface area is 112 Å². The molecule has 1 heterocycles. The maximum Gasteiger partial charge on any atom is 0.0442 e. The quantitative estimate of drug-likeness (QED) is 0.861. The molecule has 1 aromatic heterocycles. The van der Waals surface area contributed by atoms with E-state index in [1.165, 1.54) is 9.75 Å². The first-order valence-electron chi connectivity index (χ1n) is 4.86. The zero-order chi connectivity index (χ0) is 11.7. The van der Waals surface area contributed by atoms with Crippen LogP contribution in [0.25, 0.3) is 10.4 Å². The van der Waals surface area contributed by atoms with Gasteiger partial charge in [-0.25, -0.2) is 0 Å². The predicted molar refractivity (Wildman–Crippen MR) is 75.1 cm³/mol. The van der Waals surface area contributed by atoms with Crippen molar-refractivity contribution in [2.75, 3.05) is 0 Å². The third-order valence-corrected chi connectivity index (χ3v) is 4.58. The zero-order valence-corrected chi connectivity index (χ0v) is 11.9. The van der Waals surface area contributed by atoms with Gasteiger partial charge in [-0.2, -0.15) is 0 Å². The second-order valence-electron chi connectivity index (χ2n) is 3.55. The highest BCUT2D eigenvalue weighted by Crippen LogP contribution is 2.36. The number of nitrogens with two attached hydrogens (primary N) is 1. The lowest BCUT2D eigenvalue weighted by Gasteiger charge is -2.05. The molecule has 2 rings (SSSR count). The van der Waals surface area contributed by atoms with E-state index in [0.717, 1.165) is 20.6 Å². The van der Waals surface area contributed by atoms with Gasteiger partial charge in [0.25, 0.3) is 0 Å². The molecule has 0 saturated carbocycles. The smallest absolute Gasteiger partial charge is 0.0442 e. The molecule has 2 N–H and O–H groups in total. The van der Waals surface area contributed by atoms with Crippen LogP contribution in [0.3, 0.4) is 0 Å². The highest BCUT2D eigenvalue weighted by atomic mass is 79.9. The Morgan fingerprint density at radius 3 is 2.75 bits per heavy atom. The van der Waals surface area contributed by atoms with Crippen molar-refractivity contribution >= 4 is 38.9 Å². The van der Waals surface area contributed by atoms with Crippen LogP contribution >= 0.6 is 38.9 Å². The lowest BCUT2D eigenvalue weighted by molar-refractivity contribution is 1.11. The first-order valence-corrected chi connectivity index (χ1v) is 6.85. The average Bonchev–Trinajstić information content (AvgIpc) is 2.71. The molecule has 1 nitrogen and oxygen atoms in total. The van der Waals surface area contributed by atoms with Gasteiger partial charge in [0.15, 0.2) is 0 Å². The minimum Gasteiger partial charge on any atom is -0.326 e. The summed E-state index contributed by atoms with van der Waals surface area (Å²) in [6.45, 7) is 2.58. The molecule has 0 aliphatic carbocycles. The van der Waals surface area contributed by atoms with Gasteiger partial charge >= 0.3 is 0 Å². The van der Waals surface area contributed by atoms with E-state index in [4.69, 9.17) is 17.3 Å².